The van der Waals surface area contributed by atoms with E-state index in [1.54, 1.807) is 25.1 Å². The Morgan fingerprint density at radius 2 is 1.61 bits per heavy atom. The number of benzene rings is 3. The van der Waals surface area contributed by atoms with Crippen LogP contribution in [0, 0.1) is 20.8 Å². The molecule has 0 aliphatic carbocycles. The van der Waals surface area contributed by atoms with E-state index in [9.17, 15) is 19.8 Å². The first kappa shape index (κ1) is 23.5. The molecule has 1 amide bonds. The maximum Gasteiger partial charge on any atom is 0.294 e. The van der Waals surface area contributed by atoms with Gasteiger partial charge in [-0.05, 0) is 55.7 Å². The number of ketones is 1. The predicted octanol–water partition coefficient (Wildman–Crippen LogP) is 6.22. The molecule has 0 fully saturated rings. The Kier molecular flexibility index (Phi) is 5.94. The number of aromatic hydroxyl groups is 1. The van der Waals surface area contributed by atoms with Crippen molar-refractivity contribution in [3.8, 4) is 16.3 Å². The van der Waals surface area contributed by atoms with Gasteiger partial charge in [-0.15, -0.1) is 11.3 Å². The van der Waals surface area contributed by atoms with Crippen molar-refractivity contribution < 1.29 is 19.8 Å². The molecule has 0 spiro atoms. The summed E-state index contributed by atoms with van der Waals surface area (Å²) >= 11 is 1.24. The molecule has 1 unspecified atom stereocenters. The van der Waals surface area contributed by atoms with Crippen LogP contribution >= 0.6 is 11.3 Å². The van der Waals surface area contributed by atoms with Gasteiger partial charge < -0.3 is 10.2 Å². The minimum atomic E-state index is -0.868. The summed E-state index contributed by atoms with van der Waals surface area (Å²) in [7, 11) is 0. The highest BCUT2D eigenvalue weighted by atomic mass is 32.1. The van der Waals surface area contributed by atoms with Gasteiger partial charge in [-0.2, -0.15) is 0 Å². The lowest BCUT2D eigenvalue weighted by Crippen LogP contribution is -2.31. The van der Waals surface area contributed by atoms with Crippen molar-refractivity contribution in [2.75, 3.05) is 4.90 Å². The Balaban J connectivity index is 1.66. The van der Waals surface area contributed by atoms with E-state index in [0.717, 1.165) is 16.7 Å². The Morgan fingerprint density at radius 1 is 0.917 bits per heavy atom. The molecule has 0 saturated carbocycles. The fourth-order valence-corrected chi connectivity index (χ4v) is 5.51. The number of carbonyl (C=O) groups is 2. The second kappa shape index (κ2) is 9.09. The van der Waals surface area contributed by atoms with E-state index in [1.165, 1.54) is 28.4 Å². The number of Topliss-reactive ketones (excluding diaryl/α,β-unsaturated/α-hetero) is 1. The van der Waals surface area contributed by atoms with E-state index < -0.39 is 23.5 Å². The SMILES string of the molecule is Cc1cccc(N2C(=O)C(O)=C(C(=O)c3sc(-c4ccccc4)nc3C)C2c2ccc(O)cc2)c1C. The largest absolute Gasteiger partial charge is 0.508 e. The minimum Gasteiger partial charge on any atom is -0.508 e. The van der Waals surface area contributed by atoms with E-state index in [4.69, 9.17) is 0 Å². The van der Waals surface area contributed by atoms with Crippen LogP contribution < -0.4 is 4.90 Å². The summed E-state index contributed by atoms with van der Waals surface area (Å²) in [6, 6.07) is 20.6. The fraction of sp³-hybridized carbons (Fsp3) is 0.138. The zero-order valence-electron chi connectivity index (χ0n) is 20.0. The summed E-state index contributed by atoms with van der Waals surface area (Å²) in [5.41, 5.74) is 4.48. The van der Waals surface area contributed by atoms with Gasteiger partial charge in [0.25, 0.3) is 5.91 Å². The lowest BCUT2D eigenvalue weighted by atomic mass is 9.94. The number of nitrogens with zero attached hydrogens (tertiary/aromatic N) is 2. The number of phenols is 1. The monoisotopic (exact) mass is 496 g/mol. The molecule has 0 bridgehead atoms. The number of hydrogen-bond donors (Lipinski definition) is 2. The van der Waals surface area contributed by atoms with Crippen molar-refractivity contribution in [3.63, 3.8) is 0 Å². The van der Waals surface area contributed by atoms with Gasteiger partial charge in [-0.1, -0.05) is 54.6 Å². The van der Waals surface area contributed by atoms with E-state index >= 15 is 0 Å². The molecule has 0 saturated heterocycles. The molecule has 180 valence electrons. The Bertz CT molecular complexity index is 1520. The van der Waals surface area contributed by atoms with Gasteiger partial charge >= 0.3 is 0 Å². The number of aliphatic hydroxyl groups is 1. The molecule has 3 aromatic carbocycles. The Hall–Kier alpha value is -4.23. The molecule has 1 aliphatic heterocycles. The van der Waals surface area contributed by atoms with Gasteiger partial charge in [-0.25, -0.2) is 4.98 Å². The third kappa shape index (κ3) is 3.87. The average molecular weight is 497 g/mol. The molecule has 2 heterocycles. The first-order chi connectivity index (χ1) is 17.3. The standard InChI is InChI=1S/C29H24N2O4S/c1-16-8-7-11-22(17(16)2)31-24(19-12-14-21(32)15-13-19)23(26(34)29(31)35)25(33)27-18(3)30-28(36-27)20-9-5-4-6-10-20/h4-15,24,32,34H,1-3H3. The lowest BCUT2D eigenvalue weighted by molar-refractivity contribution is -0.117. The molecular weight excluding hydrogens is 472 g/mol. The number of anilines is 1. The fourth-order valence-electron chi connectivity index (χ4n) is 4.49. The van der Waals surface area contributed by atoms with E-state index in [2.05, 4.69) is 4.98 Å². The number of phenolic OH excluding ortho intramolecular Hbond substituents is 1. The molecule has 6 nitrogen and oxygen atoms in total. The van der Waals surface area contributed by atoms with Crippen LogP contribution in [0.25, 0.3) is 10.6 Å². The summed E-state index contributed by atoms with van der Waals surface area (Å²) in [6.45, 7) is 5.60. The number of aryl methyl sites for hydroxylation is 2. The first-order valence-electron chi connectivity index (χ1n) is 11.5. The molecule has 1 aliphatic rings. The highest BCUT2D eigenvalue weighted by Crippen LogP contribution is 2.44. The molecular formula is C29H24N2O4S. The maximum atomic E-state index is 14.0. The third-order valence-corrected chi connectivity index (χ3v) is 7.73. The van der Waals surface area contributed by atoms with Gasteiger partial charge in [0.15, 0.2) is 5.76 Å². The molecule has 5 rings (SSSR count). The highest BCUT2D eigenvalue weighted by molar-refractivity contribution is 7.17. The van der Waals surface area contributed by atoms with Gasteiger partial charge in [0, 0.05) is 11.3 Å². The van der Waals surface area contributed by atoms with Crippen LogP contribution in [-0.2, 0) is 4.79 Å². The smallest absolute Gasteiger partial charge is 0.294 e. The normalized spacial score (nSPS) is 15.6. The highest BCUT2D eigenvalue weighted by Gasteiger charge is 2.45. The summed E-state index contributed by atoms with van der Waals surface area (Å²) < 4.78 is 0. The van der Waals surface area contributed by atoms with Crippen molar-refractivity contribution >= 4 is 28.7 Å². The predicted molar refractivity (Wildman–Crippen MR) is 141 cm³/mol. The molecule has 4 aromatic rings. The molecule has 1 aromatic heterocycles. The van der Waals surface area contributed by atoms with Crippen LogP contribution in [0.4, 0.5) is 5.69 Å². The van der Waals surface area contributed by atoms with Gasteiger partial charge in [0.2, 0.25) is 5.78 Å². The topological polar surface area (TPSA) is 90.7 Å². The van der Waals surface area contributed by atoms with Crippen LogP contribution in [0.15, 0.2) is 84.1 Å². The van der Waals surface area contributed by atoms with E-state index in [0.29, 0.717) is 26.8 Å². The van der Waals surface area contributed by atoms with Crippen LogP contribution in [-0.4, -0.2) is 26.9 Å². The molecule has 2 N–H and O–H groups in total. The van der Waals surface area contributed by atoms with E-state index in [-0.39, 0.29) is 11.3 Å². The van der Waals surface area contributed by atoms with Crippen molar-refractivity contribution in [2.45, 2.75) is 26.8 Å². The average Bonchev–Trinajstić information content (AvgIpc) is 3.39. The molecule has 0 radical (unpaired) electrons. The Morgan fingerprint density at radius 3 is 2.31 bits per heavy atom. The molecule has 36 heavy (non-hydrogen) atoms. The van der Waals surface area contributed by atoms with Crippen molar-refractivity contribution in [3.05, 3.63) is 111 Å². The van der Waals surface area contributed by atoms with Crippen molar-refractivity contribution in [2.24, 2.45) is 0 Å². The quantitative estimate of drug-likeness (QED) is 0.320. The zero-order chi connectivity index (χ0) is 25.6. The second-order valence-corrected chi connectivity index (χ2v) is 9.78. The van der Waals surface area contributed by atoms with E-state index in [1.807, 2.05) is 56.3 Å². The third-order valence-electron chi connectivity index (χ3n) is 6.52. The van der Waals surface area contributed by atoms with Crippen LogP contribution in [0.3, 0.4) is 0 Å². The van der Waals surface area contributed by atoms with Gasteiger partial charge in [0.05, 0.1) is 22.2 Å². The van der Waals surface area contributed by atoms with Crippen LogP contribution in [0.5, 0.6) is 5.75 Å². The molecule has 7 heteroatoms. The summed E-state index contributed by atoms with van der Waals surface area (Å²) in [4.78, 5) is 33.9. The first-order valence-corrected chi connectivity index (χ1v) is 12.3. The number of rotatable bonds is 5. The summed E-state index contributed by atoms with van der Waals surface area (Å²) in [6.07, 6.45) is 0. The van der Waals surface area contributed by atoms with Crippen LogP contribution in [0.1, 0.15) is 38.1 Å². The van der Waals surface area contributed by atoms with Gasteiger partial charge in [-0.3, -0.25) is 14.5 Å². The minimum absolute atomic E-state index is 0.00189. The maximum absolute atomic E-state index is 14.0. The number of aliphatic hydroxyl groups excluding tert-OH is 1. The number of carbonyl (C=O) groups excluding carboxylic acids is 2. The Labute approximate surface area is 212 Å². The molecule has 1 atom stereocenters. The number of thiazole rings is 1. The number of aromatic nitrogens is 1. The summed E-state index contributed by atoms with van der Waals surface area (Å²) in [5.74, 6) is -1.60. The lowest BCUT2D eigenvalue weighted by Gasteiger charge is -2.28. The zero-order valence-corrected chi connectivity index (χ0v) is 20.8. The van der Waals surface area contributed by atoms with Crippen LogP contribution in [0.2, 0.25) is 0 Å². The van der Waals surface area contributed by atoms with Gasteiger partial charge in [0.1, 0.15) is 10.8 Å². The second-order valence-electron chi connectivity index (χ2n) is 8.78. The van der Waals surface area contributed by atoms with Crippen molar-refractivity contribution in [1.82, 2.24) is 4.98 Å². The van der Waals surface area contributed by atoms with Crippen molar-refractivity contribution in [1.29, 1.82) is 0 Å². The number of hydrogen-bond acceptors (Lipinski definition) is 6. The summed E-state index contributed by atoms with van der Waals surface area (Å²) in [5, 5.41) is 21.6. The number of amides is 1.